The van der Waals surface area contributed by atoms with Gasteiger partial charge in [-0.2, -0.15) is 0 Å². The van der Waals surface area contributed by atoms with Crippen molar-refractivity contribution in [2.75, 3.05) is 13.2 Å². The van der Waals surface area contributed by atoms with E-state index in [4.69, 9.17) is 9.84 Å². The Morgan fingerprint density at radius 1 is 1.50 bits per heavy atom. The van der Waals surface area contributed by atoms with Crippen molar-refractivity contribution < 1.29 is 19.4 Å². The van der Waals surface area contributed by atoms with Gasteiger partial charge in [-0.1, -0.05) is 13.2 Å². The number of ether oxygens (including phenoxy) is 1. The zero-order valence-corrected chi connectivity index (χ0v) is 9.31. The van der Waals surface area contributed by atoms with Crippen LogP contribution in [0, 0.1) is 0 Å². The number of carbonyl (C=O) groups excluding carboxylic acids is 2. The predicted molar refractivity (Wildman–Crippen MR) is 60.2 cm³/mol. The van der Waals surface area contributed by atoms with Gasteiger partial charge in [0.05, 0.1) is 6.61 Å². The third-order valence-corrected chi connectivity index (χ3v) is 1.15. The van der Waals surface area contributed by atoms with E-state index in [0.29, 0.717) is 13.2 Å². The summed E-state index contributed by atoms with van der Waals surface area (Å²) in [7, 11) is 0. The van der Waals surface area contributed by atoms with Gasteiger partial charge in [-0.05, 0) is 19.1 Å². The molecule has 0 radical (unpaired) electrons. The minimum absolute atomic E-state index is 0.237. The molecule has 0 saturated carbocycles. The second-order valence-electron chi connectivity index (χ2n) is 2.57. The predicted octanol–water partition coefficient (Wildman–Crippen LogP) is -0.699. The molecule has 0 spiro atoms. The molecule has 92 valence electrons. The van der Waals surface area contributed by atoms with Crippen LogP contribution in [-0.4, -0.2) is 36.4 Å². The van der Waals surface area contributed by atoms with Gasteiger partial charge in [0.1, 0.15) is 0 Å². The maximum atomic E-state index is 10.5. The average molecular weight is 230 g/mol. The van der Waals surface area contributed by atoms with Gasteiger partial charge in [0.2, 0.25) is 11.8 Å². The van der Waals surface area contributed by atoms with Crippen LogP contribution in [-0.2, 0) is 14.3 Å². The molecule has 0 heterocycles. The standard InChI is InChI=1S/C7H13NO3.C3H5NO/c1-3-7(10)8-4-5-11-6(2)9;1-2-3(4)5/h3,6,9H,1,4-5H2,2H3,(H,8,10);2H,1H2,(H2,4,5). The van der Waals surface area contributed by atoms with Crippen LogP contribution in [0.15, 0.2) is 25.3 Å². The Bertz CT molecular complexity index is 239. The topological polar surface area (TPSA) is 102 Å². The maximum absolute atomic E-state index is 10.5. The Balaban J connectivity index is 0. The second kappa shape index (κ2) is 11.4. The highest BCUT2D eigenvalue weighted by Crippen LogP contribution is 1.81. The lowest BCUT2D eigenvalue weighted by Crippen LogP contribution is -2.26. The van der Waals surface area contributed by atoms with Crippen molar-refractivity contribution >= 4 is 11.8 Å². The van der Waals surface area contributed by atoms with Crippen molar-refractivity contribution in [3.05, 3.63) is 25.3 Å². The first-order valence-electron chi connectivity index (χ1n) is 4.55. The number of rotatable bonds is 6. The molecule has 0 aromatic carbocycles. The van der Waals surface area contributed by atoms with E-state index in [2.05, 4.69) is 24.2 Å². The molecule has 16 heavy (non-hydrogen) atoms. The van der Waals surface area contributed by atoms with E-state index in [1.54, 1.807) is 0 Å². The lowest BCUT2D eigenvalue weighted by atomic mass is 10.5. The van der Waals surface area contributed by atoms with Crippen molar-refractivity contribution in [2.24, 2.45) is 5.73 Å². The first-order chi connectivity index (χ1) is 7.43. The Labute approximate surface area is 94.8 Å². The fourth-order valence-corrected chi connectivity index (χ4v) is 0.476. The average Bonchev–Trinajstić information content (AvgIpc) is 2.24. The van der Waals surface area contributed by atoms with E-state index in [1.807, 2.05) is 0 Å². The lowest BCUT2D eigenvalue weighted by molar-refractivity contribution is -0.118. The monoisotopic (exact) mass is 230 g/mol. The molecule has 0 aromatic heterocycles. The van der Waals surface area contributed by atoms with E-state index in [0.717, 1.165) is 6.08 Å². The second-order valence-corrected chi connectivity index (χ2v) is 2.57. The quantitative estimate of drug-likeness (QED) is 0.319. The molecule has 0 saturated heterocycles. The number of amides is 2. The van der Waals surface area contributed by atoms with E-state index < -0.39 is 12.2 Å². The fraction of sp³-hybridized carbons (Fsp3) is 0.400. The SMILES string of the molecule is C=CC(=O)NCCOC(C)O.C=CC(N)=O. The van der Waals surface area contributed by atoms with Crippen molar-refractivity contribution in [2.45, 2.75) is 13.2 Å². The van der Waals surface area contributed by atoms with Gasteiger partial charge in [0.25, 0.3) is 0 Å². The molecule has 0 fully saturated rings. The highest BCUT2D eigenvalue weighted by Gasteiger charge is 1.95. The number of carbonyl (C=O) groups is 2. The maximum Gasteiger partial charge on any atom is 0.243 e. The van der Waals surface area contributed by atoms with Crippen LogP contribution in [0.25, 0.3) is 0 Å². The molecule has 0 rings (SSSR count). The van der Waals surface area contributed by atoms with E-state index in [1.165, 1.54) is 13.0 Å². The summed E-state index contributed by atoms with van der Waals surface area (Å²) < 4.78 is 4.74. The Morgan fingerprint density at radius 3 is 2.31 bits per heavy atom. The minimum Gasteiger partial charge on any atom is -0.368 e. The zero-order valence-electron chi connectivity index (χ0n) is 9.31. The molecule has 4 N–H and O–H groups in total. The van der Waals surface area contributed by atoms with Crippen LogP contribution >= 0.6 is 0 Å². The molecular weight excluding hydrogens is 212 g/mol. The highest BCUT2D eigenvalue weighted by atomic mass is 16.6. The summed E-state index contributed by atoms with van der Waals surface area (Å²) >= 11 is 0. The van der Waals surface area contributed by atoms with Crippen LogP contribution in [0.1, 0.15) is 6.92 Å². The summed E-state index contributed by atoms with van der Waals surface area (Å²) in [6.07, 6.45) is 1.46. The number of primary amides is 1. The van der Waals surface area contributed by atoms with Gasteiger partial charge in [-0.25, -0.2) is 0 Å². The van der Waals surface area contributed by atoms with Gasteiger partial charge >= 0.3 is 0 Å². The van der Waals surface area contributed by atoms with Crippen molar-refractivity contribution in [1.29, 1.82) is 0 Å². The van der Waals surface area contributed by atoms with Gasteiger partial charge in [-0.3, -0.25) is 9.59 Å². The molecule has 0 aromatic rings. The Hall–Kier alpha value is -1.66. The summed E-state index contributed by atoms with van der Waals surface area (Å²) in [4.78, 5) is 20.0. The molecule has 1 atom stereocenters. The van der Waals surface area contributed by atoms with Crippen molar-refractivity contribution in [3.8, 4) is 0 Å². The number of hydrogen-bond donors (Lipinski definition) is 3. The van der Waals surface area contributed by atoms with Crippen LogP contribution in [0.5, 0.6) is 0 Å². The summed E-state index contributed by atoms with van der Waals surface area (Å²) in [5, 5.41) is 11.1. The molecular formula is C10H18N2O4. The molecule has 1 unspecified atom stereocenters. The summed E-state index contributed by atoms with van der Waals surface area (Å²) in [6, 6.07) is 0. The number of nitrogens with two attached hydrogens (primary N) is 1. The molecule has 2 amide bonds. The van der Waals surface area contributed by atoms with E-state index in [9.17, 15) is 9.59 Å². The normalized spacial score (nSPS) is 10.4. The number of hydrogen-bond acceptors (Lipinski definition) is 4. The molecule has 0 bridgehead atoms. The Kier molecular flexibility index (Phi) is 12.0. The molecule has 6 heteroatoms. The zero-order chi connectivity index (χ0) is 13.0. The largest absolute Gasteiger partial charge is 0.368 e. The third-order valence-electron chi connectivity index (χ3n) is 1.15. The fourth-order valence-electron chi connectivity index (χ4n) is 0.476. The third kappa shape index (κ3) is 18.2. The minimum atomic E-state index is -0.782. The first kappa shape index (κ1) is 16.8. The van der Waals surface area contributed by atoms with Gasteiger partial charge in [-0.15, -0.1) is 0 Å². The first-order valence-corrected chi connectivity index (χ1v) is 4.55. The lowest BCUT2D eigenvalue weighted by Gasteiger charge is -2.05. The van der Waals surface area contributed by atoms with Crippen LogP contribution in [0.3, 0.4) is 0 Å². The van der Waals surface area contributed by atoms with E-state index >= 15 is 0 Å². The van der Waals surface area contributed by atoms with E-state index in [-0.39, 0.29) is 5.91 Å². The van der Waals surface area contributed by atoms with Crippen LogP contribution in [0.2, 0.25) is 0 Å². The van der Waals surface area contributed by atoms with Gasteiger partial charge in [0.15, 0.2) is 6.29 Å². The van der Waals surface area contributed by atoms with Crippen LogP contribution in [0.4, 0.5) is 0 Å². The number of aliphatic hydroxyl groups is 1. The van der Waals surface area contributed by atoms with Gasteiger partial charge in [0, 0.05) is 6.54 Å². The van der Waals surface area contributed by atoms with Gasteiger partial charge < -0.3 is 20.9 Å². The number of nitrogens with one attached hydrogen (secondary N) is 1. The smallest absolute Gasteiger partial charge is 0.243 e. The highest BCUT2D eigenvalue weighted by molar-refractivity contribution is 5.86. The van der Waals surface area contributed by atoms with Crippen LogP contribution < -0.4 is 11.1 Å². The molecule has 0 aliphatic heterocycles. The summed E-state index contributed by atoms with van der Waals surface area (Å²) in [5.41, 5.74) is 4.53. The number of aliphatic hydroxyl groups excluding tert-OH is 1. The van der Waals surface area contributed by atoms with Crippen molar-refractivity contribution in [3.63, 3.8) is 0 Å². The molecule has 0 aliphatic carbocycles. The molecule has 6 nitrogen and oxygen atoms in total. The van der Waals surface area contributed by atoms with Crippen molar-refractivity contribution in [1.82, 2.24) is 5.32 Å². The molecule has 0 aliphatic rings. The summed E-state index contributed by atoms with van der Waals surface area (Å²) in [6.45, 7) is 8.55. The Morgan fingerprint density at radius 2 is 2.00 bits per heavy atom. The summed E-state index contributed by atoms with van der Waals surface area (Å²) in [5.74, 6) is -0.718.